The zero-order valence-corrected chi connectivity index (χ0v) is 17.0. The van der Waals surface area contributed by atoms with Crippen LogP contribution in [-0.4, -0.2) is 23.9 Å². The van der Waals surface area contributed by atoms with Crippen LogP contribution in [0.25, 0.3) is 0 Å². The second-order valence-corrected chi connectivity index (χ2v) is 8.75. The van der Waals surface area contributed by atoms with Crippen molar-refractivity contribution in [2.75, 3.05) is 18.4 Å². The minimum atomic E-state index is 0.0461. The Hall–Kier alpha value is -1.97. The summed E-state index contributed by atoms with van der Waals surface area (Å²) in [6.45, 7) is 1.70. The lowest BCUT2D eigenvalue weighted by molar-refractivity contribution is 0.0793. The smallest absolute Gasteiger partial charge is 0.255 e. The molecule has 2 aromatic carbocycles. The molecule has 2 heterocycles. The fourth-order valence-corrected chi connectivity index (χ4v) is 5.48. The summed E-state index contributed by atoms with van der Waals surface area (Å²) >= 11 is 12.7. The largest absolute Gasteiger partial charge is 0.377 e. The van der Waals surface area contributed by atoms with Crippen LogP contribution in [0.3, 0.4) is 0 Å². The van der Waals surface area contributed by atoms with E-state index < -0.39 is 0 Å². The highest BCUT2D eigenvalue weighted by atomic mass is 35.5. The molecule has 3 aliphatic rings. The van der Waals surface area contributed by atoms with Crippen LogP contribution in [0.4, 0.5) is 5.69 Å². The Bertz CT molecular complexity index is 965. The first-order valence-corrected chi connectivity index (χ1v) is 10.7. The second-order valence-electron chi connectivity index (χ2n) is 7.91. The number of nitrogens with one attached hydrogen (secondary N) is 1. The Morgan fingerprint density at radius 3 is 2.68 bits per heavy atom. The van der Waals surface area contributed by atoms with E-state index in [-0.39, 0.29) is 11.9 Å². The van der Waals surface area contributed by atoms with E-state index in [1.54, 1.807) is 6.07 Å². The van der Waals surface area contributed by atoms with Gasteiger partial charge < -0.3 is 10.2 Å². The molecule has 1 fully saturated rings. The van der Waals surface area contributed by atoms with Crippen molar-refractivity contribution in [2.45, 2.75) is 31.2 Å². The quantitative estimate of drug-likeness (QED) is 0.608. The number of hydrogen-bond donors (Lipinski definition) is 1. The maximum atomic E-state index is 13.2. The second kappa shape index (κ2) is 7.13. The number of carbonyl (C=O) groups excluding carboxylic acids is 1. The van der Waals surface area contributed by atoms with E-state index >= 15 is 0 Å². The summed E-state index contributed by atoms with van der Waals surface area (Å²) in [5.41, 5.74) is 3.99. The normalized spacial score (nSPS) is 25.4. The summed E-state index contributed by atoms with van der Waals surface area (Å²) in [6.07, 6.45) is 7.70. The molecule has 1 amide bonds. The van der Waals surface area contributed by atoms with Gasteiger partial charge in [0.2, 0.25) is 0 Å². The SMILES string of the molecule is O=C(c1cccc2c1N[C@H](c1ccc(Cl)cc1Cl)[C@@H]1CC=C[C@@H]21)N1CCCC1. The number of rotatable bonds is 2. The molecule has 1 saturated heterocycles. The summed E-state index contributed by atoms with van der Waals surface area (Å²) in [6, 6.07) is 11.9. The van der Waals surface area contributed by atoms with Gasteiger partial charge in [-0.05, 0) is 54.5 Å². The molecule has 28 heavy (non-hydrogen) atoms. The van der Waals surface area contributed by atoms with Gasteiger partial charge >= 0.3 is 0 Å². The van der Waals surface area contributed by atoms with E-state index in [1.165, 1.54) is 5.56 Å². The average molecular weight is 413 g/mol. The number of allylic oxidation sites excluding steroid dienone is 2. The number of anilines is 1. The zero-order chi connectivity index (χ0) is 19.3. The zero-order valence-electron chi connectivity index (χ0n) is 15.5. The van der Waals surface area contributed by atoms with Crippen molar-refractivity contribution < 1.29 is 4.79 Å². The van der Waals surface area contributed by atoms with Gasteiger partial charge in [0.05, 0.1) is 17.3 Å². The van der Waals surface area contributed by atoms with Crippen molar-refractivity contribution in [1.29, 1.82) is 0 Å². The highest BCUT2D eigenvalue weighted by molar-refractivity contribution is 6.35. The molecule has 3 atom stereocenters. The first kappa shape index (κ1) is 18.1. The van der Waals surface area contributed by atoms with Gasteiger partial charge in [-0.3, -0.25) is 4.79 Å². The lowest BCUT2D eigenvalue weighted by atomic mass is 9.76. The summed E-state index contributed by atoms with van der Waals surface area (Å²) in [4.78, 5) is 15.2. The molecule has 3 nitrogen and oxygen atoms in total. The fraction of sp³-hybridized carbons (Fsp3) is 0.348. The van der Waals surface area contributed by atoms with Crippen molar-refractivity contribution in [3.63, 3.8) is 0 Å². The first-order chi connectivity index (χ1) is 13.6. The fourth-order valence-electron chi connectivity index (χ4n) is 4.95. The first-order valence-electron chi connectivity index (χ1n) is 9.94. The molecule has 0 radical (unpaired) electrons. The highest BCUT2D eigenvalue weighted by Gasteiger charge is 2.40. The van der Waals surface area contributed by atoms with Crippen LogP contribution in [-0.2, 0) is 0 Å². The third-order valence-corrected chi connectivity index (χ3v) is 6.88. The lowest BCUT2D eigenvalue weighted by Gasteiger charge is -2.39. The standard InChI is InChI=1S/C23H22Cl2N2O/c24-14-9-10-18(20(25)13-14)21-16-6-3-5-15(16)17-7-4-8-19(22(17)26-21)23(28)27-11-1-2-12-27/h3-5,7-10,13,15-16,21,26H,1-2,6,11-12H2/t15-,16-,21+/m1/s1. The molecule has 144 valence electrons. The molecule has 0 saturated carbocycles. The molecule has 1 aliphatic carbocycles. The van der Waals surface area contributed by atoms with Crippen LogP contribution in [0.2, 0.25) is 10.0 Å². The van der Waals surface area contributed by atoms with Crippen LogP contribution in [0.1, 0.15) is 52.7 Å². The molecule has 5 heteroatoms. The lowest BCUT2D eigenvalue weighted by Crippen LogP contribution is -2.33. The molecule has 0 bridgehead atoms. The van der Waals surface area contributed by atoms with E-state index in [0.29, 0.717) is 21.9 Å². The number of halogens is 2. The van der Waals surface area contributed by atoms with Crippen LogP contribution in [0.5, 0.6) is 0 Å². The topological polar surface area (TPSA) is 32.3 Å². The number of hydrogen-bond acceptors (Lipinski definition) is 2. The van der Waals surface area contributed by atoms with E-state index in [4.69, 9.17) is 23.2 Å². The minimum absolute atomic E-state index is 0.0461. The van der Waals surface area contributed by atoms with Gasteiger partial charge in [-0.1, -0.05) is 53.6 Å². The van der Waals surface area contributed by atoms with Crippen molar-refractivity contribution >= 4 is 34.8 Å². The summed E-state index contributed by atoms with van der Waals surface area (Å²) in [5, 5.41) is 5.01. The van der Waals surface area contributed by atoms with Gasteiger partial charge in [0.1, 0.15) is 0 Å². The van der Waals surface area contributed by atoms with Gasteiger partial charge in [-0.2, -0.15) is 0 Å². The molecular weight excluding hydrogens is 391 g/mol. The number of fused-ring (bicyclic) bond motifs is 3. The summed E-state index contributed by atoms with van der Waals surface area (Å²) < 4.78 is 0. The van der Waals surface area contributed by atoms with Gasteiger partial charge in [-0.25, -0.2) is 0 Å². The van der Waals surface area contributed by atoms with Crippen molar-refractivity contribution in [3.8, 4) is 0 Å². The molecule has 5 rings (SSSR count). The molecule has 1 N–H and O–H groups in total. The third-order valence-electron chi connectivity index (χ3n) is 6.32. The summed E-state index contributed by atoms with van der Waals surface area (Å²) in [7, 11) is 0. The maximum absolute atomic E-state index is 13.2. The van der Waals surface area contributed by atoms with Gasteiger partial charge in [0.25, 0.3) is 5.91 Å². The molecule has 0 spiro atoms. The van der Waals surface area contributed by atoms with E-state index in [0.717, 1.165) is 49.2 Å². The molecule has 0 aromatic heterocycles. The Kier molecular flexibility index (Phi) is 4.60. The number of likely N-dealkylation sites (tertiary alicyclic amines) is 1. The highest BCUT2D eigenvalue weighted by Crippen LogP contribution is 2.51. The number of carbonyl (C=O) groups is 1. The van der Waals surface area contributed by atoms with E-state index in [2.05, 4.69) is 23.5 Å². The Morgan fingerprint density at radius 1 is 1.07 bits per heavy atom. The number of amides is 1. The predicted molar refractivity (Wildman–Crippen MR) is 114 cm³/mol. The third kappa shape index (κ3) is 2.92. The van der Waals surface area contributed by atoms with Crippen LogP contribution < -0.4 is 5.32 Å². The molecular formula is C23H22Cl2N2O. The Labute approximate surface area is 175 Å². The average Bonchev–Trinajstić information content (AvgIpc) is 3.39. The molecule has 2 aliphatic heterocycles. The van der Waals surface area contributed by atoms with Crippen LogP contribution >= 0.6 is 23.2 Å². The van der Waals surface area contributed by atoms with Crippen molar-refractivity contribution in [1.82, 2.24) is 4.90 Å². The minimum Gasteiger partial charge on any atom is -0.377 e. The summed E-state index contributed by atoms with van der Waals surface area (Å²) in [5.74, 6) is 0.797. The maximum Gasteiger partial charge on any atom is 0.255 e. The number of para-hydroxylation sites is 1. The number of benzene rings is 2. The molecule has 0 unspecified atom stereocenters. The Balaban J connectivity index is 1.59. The van der Waals surface area contributed by atoms with Crippen LogP contribution in [0.15, 0.2) is 48.6 Å². The van der Waals surface area contributed by atoms with E-state index in [1.807, 2.05) is 29.2 Å². The van der Waals surface area contributed by atoms with Gasteiger partial charge in [0.15, 0.2) is 0 Å². The Morgan fingerprint density at radius 2 is 1.89 bits per heavy atom. The number of nitrogens with zero attached hydrogens (tertiary/aromatic N) is 1. The molecule has 2 aromatic rings. The van der Waals surface area contributed by atoms with Crippen molar-refractivity contribution in [3.05, 3.63) is 75.3 Å². The van der Waals surface area contributed by atoms with Gasteiger partial charge in [-0.15, -0.1) is 0 Å². The van der Waals surface area contributed by atoms with Crippen molar-refractivity contribution in [2.24, 2.45) is 5.92 Å². The van der Waals surface area contributed by atoms with E-state index in [9.17, 15) is 4.79 Å². The predicted octanol–water partition coefficient (Wildman–Crippen LogP) is 6.06. The van der Waals surface area contributed by atoms with Gasteiger partial charge in [0, 0.05) is 29.1 Å². The monoisotopic (exact) mass is 412 g/mol. The van der Waals surface area contributed by atoms with Crippen LogP contribution in [0, 0.1) is 5.92 Å².